The van der Waals surface area contributed by atoms with Crippen LogP contribution in [0.15, 0.2) is 116 Å². The Kier molecular flexibility index (Phi) is 7.41. The fourth-order valence-electron chi connectivity index (χ4n) is 5.00. The fourth-order valence-corrected chi connectivity index (χ4v) is 6.23. The molecule has 0 saturated heterocycles. The summed E-state index contributed by atoms with van der Waals surface area (Å²) in [5.41, 5.74) is 3.57. The molecular weight excluding hydrogens is 552 g/mol. The Morgan fingerprint density at radius 2 is 1.81 bits per heavy atom. The Bertz CT molecular complexity index is 1930. The van der Waals surface area contributed by atoms with E-state index in [0.29, 0.717) is 45.7 Å². The Hall–Kier alpha value is -5.02. The molecule has 0 fully saturated rings. The van der Waals surface area contributed by atoms with Crippen LogP contribution < -0.4 is 10.4 Å². The maximum Gasteiger partial charge on any atom is 0.336 e. The van der Waals surface area contributed by atoms with E-state index in [1.54, 1.807) is 60.3 Å². The third-order valence-corrected chi connectivity index (χ3v) is 8.37. The standard InChI is InChI=1S/C33H24N2O6S/c1-20-16-31(37)41-33-24(20)14-15-28(40-19-27(36)21-8-3-2-4-9-21)32(33)26-18-30(22-10-7-11-23(17-22)35(38)39)42-29-13-6-5-12-25(29)34-26/h2-17,30H,18-19H2,1H3/t30-/m1/s1. The van der Waals surface area contributed by atoms with Crippen LogP contribution in [0.3, 0.4) is 0 Å². The van der Waals surface area contributed by atoms with Crippen molar-refractivity contribution < 1.29 is 18.9 Å². The number of nitrogens with zero attached hydrogens (tertiary/aromatic N) is 2. The Balaban J connectivity index is 1.51. The van der Waals surface area contributed by atoms with Gasteiger partial charge in [-0.2, -0.15) is 0 Å². The van der Waals surface area contributed by atoms with Gasteiger partial charge >= 0.3 is 5.63 Å². The third-order valence-electron chi connectivity index (χ3n) is 7.05. The number of aryl methyl sites for hydroxylation is 1. The zero-order valence-corrected chi connectivity index (χ0v) is 23.3. The van der Waals surface area contributed by atoms with Crippen molar-refractivity contribution in [1.29, 1.82) is 0 Å². The molecular formula is C33H24N2O6S. The summed E-state index contributed by atoms with van der Waals surface area (Å²) >= 11 is 1.56. The van der Waals surface area contributed by atoms with Crippen LogP contribution in [-0.2, 0) is 0 Å². The SMILES string of the molecule is Cc1cc(=O)oc2c(C3=Nc4ccccc4S[C@@H](c4cccc([N+](=O)[O-])c4)C3)c(OCC(=O)c3ccccc3)ccc12. The average Bonchev–Trinajstić information content (AvgIpc) is 3.19. The van der Waals surface area contributed by atoms with Crippen LogP contribution in [0.25, 0.3) is 11.0 Å². The number of para-hydroxylation sites is 1. The van der Waals surface area contributed by atoms with E-state index < -0.39 is 10.5 Å². The number of nitro groups is 1. The van der Waals surface area contributed by atoms with E-state index in [9.17, 15) is 19.7 Å². The van der Waals surface area contributed by atoms with Gasteiger partial charge in [0.2, 0.25) is 0 Å². The summed E-state index contributed by atoms with van der Waals surface area (Å²) in [5.74, 6) is 0.145. The largest absolute Gasteiger partial charge is 0.485 e. The number of ketones is 1. The monoisotopic (exact) mass is 576 g/mol. The van der Waals surface area contributed by atoms with Crippen molar-refractivity contribution in [3.05, 3.63) is 140 Å². The quantitative estimate of drug-likeness (QED) is 0.0847. The van der Waals surface area contributed by atoms with Gasteiger partial charge in [0.1, 0.15) is 5.75 Å². The number of hydrogen-bond donors (Lipinski definition) is 0. The van der Waals surface area contributed by atoms with Gasteiger partial charge in [0.25, 0.3) is 5.69 Å². The smallest absolute Gasteiger partial charge is 0.336 e. The molecule has 8 nitrogen and oxygen atoms in total. The summed E-state index contributed by atoms with van der Waals surface area (Å²) in [6.45, 7) is 1.60. The number of fused-ring (bicyclic) bond motifs is 2. The van der Waals surface area contributed by atoms with Crippen LogP contribution in [0.4, 0.5) is 11.4 Å². The molecule has 1 aliphatic heterocycles. The van der Waals surface area contributed by atoms with E-state index in [0.717, 1.165) is 16.0 Å². The third kappa shape index (κ3) is 5.46. The predicted octanol–water partition coefficient (Wildman–Crippen LogP) is 7.63. The molecule has 208 valence electrons. The highest BCUT2D eigenvalue weighted by atomic mass is 32.2. The van der Waals surface area contributed by atoms with Crippen molar-refractivity contribution in [2.75, 3.05) is 6.61 Å². The molecule has 4 aromatic carbocycles. The zero-order valence-electron chi connectivity index (χ0n) is 22.5. The minimum absolute atomic E-state index is 0.000602. The minimum Gasteiger partial charge on any atom is -0.485 e. The number of Topliss-reactive ketones (excluding diaryl/α,β-unsaturated/α-hetero) is 1. The predicted molar refractivity (Wildman–Crippen MR) is 162 cm³/mol. The lowest BCUT2D eigenvalue weighted by atomic mass is 9.97. The number of rotatable bonds is 7. The van der Waals surface area contributed by atoms with E-state index in [-0.39, 0.29) is 23.3 Å². The van der Waals surface area contributed by atoms with Crippen molar-refractivity contribution >= 4 is 45.6 Å². The number of non-ortho nitro benzene ring substituents is 1. The first-order valence-corrected chi connectivity index (χ1v) is 14.1. The molecule has 1 aliphatic rings. The van der Waals surface area contributed by atoms with Gasteiger partial charge in [0, 0.05) is 45.7 Å². The molecule has 0 N–H and O–H groups in total. The van der Waals surface area contributed by atoms with Gasteiger partial charge < -0.3 is 9.15 Å². The van der Waals surface area contributed by atoms with E-state index in [4.69, 9.17) is 14.1 Å². The Labute approximate surface area is 244 Å². The fraction of sp³-hybridized carbons (Fsp3) is 0.121. The molecule has 1 aromatic heterocycles. The second kappa shape index (κ2) is 11.5. The van der Waals surface area contributed by atoms with Crippen molar-refractivity contribution in [3.63, 3.8) is 0 Å². The van der Waals surface area contributed by atoms with Crippen molar-refractivity contribution in [3.8, 4) is 5.75 Å². The van der Waals surface area contributed by atoms with Gasteiger partial charge in [-0.25, -0.2) is 4.79 Å². The van der Waals surface area contributed by atoms with E-state index in [1.165, 1.54) is 12.1 Å². The van der Waals surface area contributed by atoms with Crippen LogP contribution in [0, 0.1) is 17.0 Å². The van der Waals surface area contributed by atoms with Crippen molar-refractivity contribution in [2.45, 2.75) is 23.5 Å². The van der Waals surface area contributed by atoms with Gasteiger partial charge in [0.15, 0.2) is 18.0 Å². The molecule has 0 radical (unpaired) electrons. The second-order valence-electron chi connectivity index (χ2n) is 9.83. The molecule has 5 aromatic rings. The number of hydrogen-bond acceptors (Lipinski definition) is 8. The molecule has 6 rings (SSSR count). The first kappa shape index (κ1) is 27.2. The maximum absolute atomic E-state index is 12.9. The normalized spacial score (nSPS) is 14.5. The lowest BCUT2D eigenvalue weighted by Crippen LogP contribution is -2.15. The van der Waals surface area contributed by atoms with Gasteiger partial charge in [-0.15, -0.1) is 11.8 Å². The Morgan fingerprint density at radius 1 is 1.02 bits per heavy atom. The Morgan fingerprint density at radius 3 is 2.62 bits per heavy atom. The number of nitro benzene ring substituents is 1. The summed E-state index contributed by atoms with van der Waals surface area (Å²) in [6, 6.07) is 28.1. The van der Waals surface area contributed by atoms with Gasteiger partial charge in [-0.3, -0.25) is 19.9 Å². The van der Waals surface area contributed by atoms with Crippen molar-refractivity contribution in [2.24, 2.45) is 4.99 Å². The van der Waals surface area contributed by atoms with Crippen LogP contribution in [0.2, 0.25) is 0 Å². The molecule has 1 atom stereocenters. The summed E-state index contributed by atoms with van der Waals surface area (Å²) < 4.78 is 11.9. The lowest BCUT2D eigenvalue weighted by molar-refractivity contribution is -0.384. The minimum atomic E-state index is -0.516. The molecule has 2 heterocycles. The number of thioether (sulfide) groups is 1. The second-order valence-corrected chi connectivity index (χ2v) is 11.1. The van der Waals surface area contributed by atoms with Crippen molar-refractivity contribution in [1.82, 2.24) is 0 Å². The number of aliphatic imine (C=N–C) groups is 1. The molecule has 0 unspecified atom stereocenters. The van der Waals surface area contributed by atoms with Gasteiger partial charge in [-0.1, -0.05) is 54.6 Å². The molecule has 0 amide bonds. The molecule has 0 saturated carbocycles. The van der Waals surface area contributed by atoms with Crippen LogP contribution in [-0.4, -0.2) is 23.0 Å². The number of carbonyl (C=O) groups excluding carboxylic acids is 1. The van der Waals surface area contributed by atoms with E-state index in [1.807, 2.05) is 43.3 Å². The molecule has 0 spiro atoms. The van der Waals surface area contributed by atoms with Crippen LogP contribution >= 0.6 is 11.8 Å². The van der Waals surface area contributed by atoms with Gasteiger partial charge in [0.05, 0.1) is 21.9 Å². The summed E-state index contributed by atoms with van der Waals surface area (Å²) in [7, 11) is 0. The average molecular weight is 577 g/mol. The number of benzene rings is 4. The highest BCUT2D eigenvalue weighted by Gasteiger charge is 2.28. The molecule has 42 heavy (non-hydrogen) atoms. The summed E-state index contributed by atoms with van der Waals surface area (Å²) in [5, 5.41) is 12.0. The topological polar surface area (TPSA) is 112 Å². The first-order chi connectivity index (χ1) is 20.4. The molecule has 0 aliphatic carbocycles. The van der Waals surface area contributed by atoms with E-state index in [2.05, 4.69) is 0 Å². The van der Waals surface area contributed by atoms with Crippen LogP contribution in [0.5, 0.6) is 5.75 Å². The molecule has 9 heteroatoms. The highest BCUT2D eigenvalue weighted by Crippen LogP contribution is 2.47. The van der Waals surface area contributed by atoms with Crippen LogP contribution in [0.1, 0.15) is 38.7 Å². The number of carbonyl (C=O) groups is 1. The number of ether oxygens (including phenoxy) is 1. The lowest BCUT2D eigenvalue weighted by Gasteiger charge is -2.18. The van der Waals surface area contributed by atoms with Gasteiger partial charge in [-0.05, 0) is 42.3 Å². The highest BCUT2D eigenvalue weighted by molar-refractivity contribution is 7.99. The first-order valence-electron chi connectivity index (χ1n) is 13.2. The van der Waals surface area contributed by atoms with E-state index >= 15 is 0 Å². The summed E-state index contributed by atoms with van der Waals surface area (Å²) in [4.78, 5) is 42.6. The summed E-state index contributed by atoms with van der Waals surface area (Å²) in [6.07, 6.45) is 0.347. The molecule has 0 bridgehead atoms. The maximum atomic E-state index is 12.9. The zero-order chi connectivity index (χ0) is 29.2.